The third kappa shape index (κ3) is 4.41. The molecule has 0 unspecified atom stereocenters. The molecule has 162 valence electrons. The minimum Gasteiger partial charge on any atom is -0.497 e. The van der Waals surface area contributed by atoms with Crippen LogP contribution >= 0.6 is 0 Å². The van der Waals surface area contributed by atoms with Crippen LogP contribution in [0.5, 0.6) is 11.5 Å². The molecule has 0 aliphatic rings. The molecule has 32 heavy (non-hydrogen) atoms. The molecule has 0 spiro atoms. The van der Waals surface area contributed by atoms with Gasteiger partial charge in [-0.1, -0.05) is 48.5 Å². The quantitative estimate of drug-likeness (QED) is 0.446. The van der Waals surface area contributed by atoms with E-state index >= 15 is 0 Å². The minimum absolute atomic E-state index is 0.115. The molecule has 7 nitrogen and oxygen atoms in total. The highest BCUT2D eigenvalue weighted by atomic mass is 16.5. The molecule has 0 radical (unpaired) electrons. The number of para-hydroxylation sites is 1. The van der Waals surface area contributed by atoms with Crippen LogP contribution in [0.1, 0.15) is 16.1 Å². The highest BCUT2D eigenvalue weighted by Crippen LogP contribution is 2.30. The summed E-state index contributed by atoms with van der Waals surface area (Å²) >= 11 is 0. The van der Waals surface area contributed by atoms with Crippen LogP contribution in [0.4, 0.5) is 0 Å². The molecule has 0 fully saturated rings. The second kappa shape index (κ2) is 9.26. The molecule has 2 amide bonds. The molecule has 4 rings (SSSR count). The predicted octanol–water partition coefficient (Wildman–Crippen LogP) is 4.26. The van der Waals surface area contributed by atoms with Crippen molar-refractivity contribution in [3.8, 4) is 22.6 Å². The highest BCUT2D eigenvalue weighted by Gasteiger charge is 2.19. The SMILES string of the molecule is COc1ccc2oc(C(=O)NNC(=O)COc3ccccc3-c3ccccc3)c(C)c2c1. The van der Waals surface area contributed by atoms with Crippen molar-refractivity contribution in [3.63, 3.8) is 0 Å². The number of nitrogens with one attached hydrogen (secondary N) is 2. The molecular formula is C25H22N2O5. The summed E-state index contributed by atoms with van der Waals surface area (Å²) in [5.74, 6) is 0.285. The standard InChI is InChI=1S/C25H22N2O5/c1-16-20-14-18(30-2)12-13-22(20)32-24(16)25(29)27-26-23(28)15-31-21-11-7-6-10-19(21)17-8-4-3-5-9-17/h3-14H,15H2,1-2H3,(H,26,28)(H,27,29). The molecule has 3 aromatic carbocycles. The van der Waals surface area contributed by atoms with Crippen LogP contribution in [0.2, 0.25) is 0 Å². The Labute approximate surface area is 184 Å². The van der Waals surface area contributed by atoms with E-state index in [9.17, 15) is 9.59 Å². The highest BCUT2D eigenvalue weighted by molar-refractivity contribution is 5.99. The molecule has 0 saturated heterocycles. The number of methoxy groups -OCH3 is 1. The molecule has 4 aromatic rings. The largest absolute Gasteiger partial charge is 0.497 e. The van der Waals surface area contributed by atoms with Gasteiger partial charge in [-0.3, -0.25) is 20.4 Å². The first-order chi connectivity index (χ1) is 15.6. The summed E-state index contributed by atoms with van der Waals surface area (Å²) in [6.45, 7) is 1.51. The lowest BCUT2D eigenvalue weighted by atomic mass is 10.1. The molecule has 0 aliphatic carbocycles. The second-order valence-electron chi connectivity index (χ2n) is 7.07. The van der Waals surface area contributed by atoms with Crippen molar-refractivity contribution >= 4 is 22.8 Å². The van der Waals surface area contributed by atoms with E-state index < -0.39 is 11.8 Å². The first kappa shape index (κ1) is 21.0. The van der Waals surface area contributed by atoms with E-state index in [2.05, 4.69) is 10.9 Å². The lowest BCUT2D eigenvalue weighted by Crippen LogP contribution is -2.43. The monoisotopic (exact) mass is 430 g/mol. The van der Waals surface area contributed by atoms with Gasteiger partial charge in [-0.15, -0.1) is 0 Å². The van der Waals surface area contributed by atoms with Gasteiger partial charge in [0.15, 0.2) is 12.4 Å². The van der Waals surface area contributed by atoms with Crippen LogP contribution in [-0.2, 0) is 4.79 Å². The first-order valence-corrected chi connectivity index (χ1v) is 10.0. The number of rotatable bonds is 6. The Kier molecular flexibility index (Phi) is 6.07. The van der Waals surface area contributed by atoms with Gasteiger partial charge in [0.2, 0.25) is 0 Å². The number of carbonyl (C=O) groups is 2. The van der Waals surface area contributed by atoms with Gasteiger partial charge in [-0.2, -0.15) is 0 Å². The van der Waals surface area contributed by atoms with Gasteiger partial charge >= 0.3 is 5.91 Å². The molecule has 1 heterocycles. The first-order valence-electron chi connectivity index (χ1n) is 10.0. The van der Waals surface area contributed by atoms with E-state index in [0.717, 1.165) is 16.5 Å². The molecule has 0 aliphatic heterocycles. The average Bonchev–Trinajstić information content (AvgIpc) is 3.17. The summed E-state index contributed by atoms with van der Waals surface area (Å²) in [5, 5.41) is 0.765. The topological polar surface area (TPSA) is 89.8 Å². The third-order valence-corrected chi connectivity index (χ3v) is 5.00. The molecule has 0 saturated carbocycles. The maximum atomic E-state index is 12.5. The van der Waals surface area contributed by atoms with E-state index in [1.807, 2.05) is 48.5 Å². The molecular weight excluding hydrogens is 408 g/mol. The van der Waals surface area contributed by atoms with E-state index in [0.29, 0.717) is 22.6 Å². The van der Waals surface area contributed by atoms with Gasteiger partial charge in [0.1, 0.15) is 17.1 Å². The Bertz CT molecular complexity index is 1260. The fourth-order valence-corrected chi connectivity index (χ4v) is 3.35. The number of aryl methyl sites for hydroxylation is 1. The van der Waals surface area contributed by atoms with Crippen LogP contribution in [0.15, 0.2) is 77.2 Å². The number of ether oxygens (including phenoxy) is 2. The summed E-state index contributed by atoms with van der Waals surface area (Å²) < 4.78 is 16.5. The summed E-state index contributed by atoms with van der Waals surface area (Å²) in [6.07, 6.45) is 0. The summed E-state index contributed by atoms with van der Waals surface area (Å²) in [5.41, 5.74) is 7.79. The molecule has 2 N–H and O–H groups in total. The Morgan fingerprint density at radius 2 is 1.69 bits per heavy atom. The number of hydrazine groups is 1. The average molecular weight is 430 g/mol. The Morgan fingerprint density at radius 3 is 2.47 bits per heavy atom. The van der Waals surface area contributed by atoms with E-state index in [4.69, 9.17) is 13.9 Å². The van der Waals surface area contributed by atoms with Gasteiger partial charge in [-0.25, -0.2) is 0 Å². The number of fused-ring (bicyclic) bond motifs is 1. The van der Waals surface area contributed by atoms with Gasteiger partial charge in [0.25, 0.3) is 5.91 Å². The fourth-order valence-electron chi connectivity index (χ4n) is 3.35. The number of carbonyl (C=O) groups excluding carboxylic acids is 2. The Morgan fingerprint density at radius 1 is 0.938 bits per heavy atom. The van der Waals surface area contributed by atoms with Crippen molar-refractivity contribution in [2.75, 3.05) is 13.7 Å². The van der Waals surface area contributed by atoms with Gasteiger partial charge in [-0.05, 0) is 36.8 Å². The van der Waals surface area contributed by atoms with Crippen LogP contribution in [-0.4, -0.2) is 25.5 Å². The second-order valence-corrected chi connectivity index (χ2v) is 7.07. The predicted molar refractivity (Wildman–Crippen MR) is 120 cm³/mol. The number of hydrogen-bond acceptors (Lipinski definition) is 5. The zero-order chi connectivity index (χ0) is 22.5. The Balaban J connectivity index is 1.38. The van der Waals surface area contributed by atoms with E-state index in [1.54, 1.807) is 38.3 Å². The van der Waals surface area contributed by atoms with Crippen LogP contribution in [0.25, 0.3) is 22.1 Å². The lowest BCUT2D eigenvalue weighted by molar-refractivity contribution is -0.123. The summed E-state index contributed by atoms with van der Waals surface area (Å²) in [7, 11) is 1.57. The van der Waals surface area contributed by atoms with Gasteiger partial charge in [0, 0.05) is 16.5 Å². The fraction of sp³-hybridized carbons (Fsp3) is 0.120. The van der Waals surface area contributed by atoms with Crippen molar-refractivity contribution in [2.24, 2.45) is 0 Å². The van der Waals surface area contributed by atoms with Crippen molar-refractivity contribution in [2.45, 2.75) is 6.92 Å². The lowest BCUT2D eigenvalue weighted by Gasteiger charge is -2.12. The normalized spacial score (nSPS) is 10.6. The minimum atomic E-state index is -0.560. The maximum Gasteiger partial charge on any atom is 0.305 e. The molecule has 7 heteroatoms. The number of amides is 2. The van der Waals surface area contributed by atoms with Crippen LogP contribution in [0.3, 0.4) is 0 Å². The number of furan rings is 1. The van der Waals surface area contributed by atoms with Crippen molar-refractivity contribution in [3.05, 3.63) is 84.1 Å². The van der Waals surface area contributed by atoms with Gasteiger partial charge < -0.3 is 13.9 Å². The van der Waals surface area contributed by atoms with Crippen LogP contribution in [0, 0.1) is 6.92 Å². The number of hydrogen-bond donors (Lipinski definition) is 2. The summed E-state index contributed by atoms with van der Waals surface area (Å²) in [6, 6.07) is 22.5. The molecule has 1 aromatic heterocycles. The zero-order valence-electron chi connectivity index (χ0n) is 17.7. The Hall–Kier alpha value is -4.26. The molecule has 0 bridgehead atoms. The summed E-state index contributed by atoms with van der Waals surface area (Å²) in [4.78, 5) is 24.8. The van der Waals surface area contributed by atoms with E-state index in [1.165, 1.54) is 0 Å². The van der Waals surface area contributed by atoms with Crippen molar-refractivity contribution in [1.29, 1.82) is 0 Å². The zero-order valence-corrected chi connectivity index (χ0v) is 17.7. The third-order valence-electron chi connectivity index (χ3n) is 5.00. The smallest absolute Gasteiger partial charge is 0.305 e. The van der Waals surface area contributed by atoms with Gasteiger partial charge in [0.05, 0.1) is 7.11 Å². The number of benzene rings is 3. The maximum absolute atomic E-state index is 12.5. The van der Waals surface area contributed by atoms with Crippen LogP contribution < -0.4 is 20.3 Å². The van der Waals surface area contributed by atoms with Crippen molar-refractivity contribution < 1.29 is 23.5 Å². The van der Waals surface area contributed by atoms with Crippen molar-refractivity contribution in [1.82, 2.24) is 10.9 Å². The van der Waals surface area contributed by atoms with E-state index in [-0.39, 0.29) is 12.4 Å². The molecule has 0 atom stereocenters.